The summed E-state index contributed by atoms with van der Waals surface area (Å²) in [5, 5.41) is 3.18. The number of aromatic nitrogens is 2. The van der Waals surface area contributed by atoms with Crippen molar-refractivity contribution in [1.29, 1.82) is 0 Å². The average molecular weight is 457 g/mol. The summed E-state index contributed by atoms with van der Waals surface area (Å²) in [4.78, 5) is 13.4. The third-order valence-electron chi connectivity index (χ3n) is 3.88. The second kappa shape index (κ2) is 17.6. The Bertz CT molecular complexity index is 1050. The Balaban J connectivity index is 0.000000894. The van der Waals surface area contributed by atoms with E-state index < -0.39 is 0 Å². The van der Waals surface area contributed by atoms with Gasteiger partial charge in [-0.05, 0) is 29.8 Å². The van der Waals surface area contributed by atoms with Gasteiger partial charge < -0.3 is 10.1 Å². The SMILES string of the molecule is C(=Nc1cnc(Nc2ccccc2)nc1Oc1ccccc1)c1ccccc1.CC.CC.CC. The fourth-order valence-corrected chi connectivity index (χ4v) is 2.52. The maximum atomic E-state index is 5.97. The van der Waals surface area contributed by atoms with E-state index in [4.69, 9.17) is 4.74 Å². The summed E-state index contributed by atoms with van der Waals surface area (Å²) in [7, 11) is 0. The molecule has 1 heterocycles. The van der Waals surface area contributed by atoms with Crippen molar-refractivity contribution in [3.8, 4) is 11.6 Å². The minimum absolute atomic E-state index is 0.381. The van der Waals surface area contributed by atoms with Crippen LogP contribution in [0, 0.1) is 0 Å². The highest BCUT2D eigenvalue weighted by Gasteiger charge is 2.09. The fraction of sp³-hybridized carbons (Fsp3) is 0.207. The van der Waals surface area contributed by atoms with Gasteiger partial charge in [0.1, 0.15) is 11.4 Å². The number of nitrogens with one attached hydrogen (secondary N) is 1. The van der Waals surface area contributed by atoms with Crippen molar-refractivity contribution in [2.75, 3.05) is 5.32 Å². The molecule has 0 aliphatic heterocycles. The lowest BCUT2D eigenvalue weighted by molar-refractivity contribution is 0.464. The van der Waals surface area contributed by atoms with Crippen molar-refractivity contribution in [1.82, 2.24) is 9.97 Å². The van der Waals surface area contributed by atoms with E-state index in [0.29, 0.717) is 23.3 Å². The Morgan fingerprint density at radius 3 is 1.82 bits per heavy atom. The molecule has 0 radical (unpaired) electrons. The van der Waals surface area contributed by atoms with Crippen molar-refractivity contribution < 1.29 is 4.74 Å². The molecule has 5 nitrogen and oxygen atoms in total. The quantitative estimate of drug-likeness (QED) is 0.294. The van der Waals surface area contributed by atoms with Gasteiger partial charge in [0.25, 0.3) is 0 Å². The summed E-state index contributed by atoms with van der Waals surface area (Å²) in [5.41, 5.74) is 2.43. The lowest BCUT2D eigenvalue weighted by Gasteiger charge is -2.10. The molecule has 178 valence electrons. The molecular weight excluding hydrogens is 420 g/mol. The monoisotopic (exact) mass is 456 g/mol. The molecule has 0 saturated heterocycles. The van der Waals surface area contributed by atoms with Crippen LogP contribution in [0.5, 0.6) is 11.6 Å². The molecule has 0 aliphatic rings. The third-order valence-corrected chi connectivity index (χ3v) is 3.88. The van der Waals surface area contributed by atoms with Crippen molar-refractivity contribution in [3.05, 3.63) is 103 Å². The van der Waals surface area contributed by atoms with Gasteiger partial charge in [0.2, 0.25) is 11.8 Å². The zero-order chi connectivity index (χ0) is 25.0. The number of rotatable bonds is 6. The Labute approximate surface area is 204 Å². The smallest absolute Gasteiger partial charge is 0.250 e. The number of aliphatic imine (C=N–C) groups is 1. The molecule has 0 unspecified atom stereocenters. The van der Waals surface area contributed by atoms with Crippen molar-refractivity contribution >= 4 is 23.5 Å². The van der Waals surface area contributed by atoms with E-state index in [9.17, 15) is 0 Å². The normalized spacial score (nSPS) is 9.35. The number of benzene rings is 3. The maximum absolute atomic E-state index is 5.97. The predicted molar refractivity (Wildman–Crippen MR) is 146 cm³/mol. The van der Waals surface area contributed by atoms with E-state index in [1.165, 1.54) is 0 Å². The second-order valence-corrected chi connectivity index (χ2v) is 5.96. The number of hydrogen-bond acceptors (Lipinski definition) is 5. The molecule has 0 atom stereocenters. The first-order valence-corrected chi connectivity index (χ1v) is 11.9. The number of ether oxygens (including phenoxy) is 1. The lowest BCUT2D eigenvalue weighted by atomic mass is 10.2. The number of anilines is 2. The minimum Gasteiger partial charge on any atom is -0.437 e. The maximum Gasteiger partial charge on any atom is 0.250 e. The van der Waals surface area contributed by atoms with Crippen LogP contribution in [0.3, 0.4) is 0 Å². The predicted octanol–water partition coefficient (Wildman–Crippen LogP) is 8.84. The minimum atomic E-state index is 0.381. The van der Waals surface area contributed by atoms with E-state index in [2.05, 4.69) is 20.3 Å². The molecule has 4 aromatic rings. The Morgan fingerprint density at radius 2 is 1.24 bits per heavy atom. The van der Waals surface area contributed by atoms with Crippen LogP contribution < -0.4 is 10.1 Å². The van der Waals surface area contributed by atoms with E-state index in [-0.39, 0.29) is 0 Å². The van der Waals surface area contributed by atoms with Gasteiger partial charge in [-0.2, -0.15) is 4.98 Å². The van der Waals surface area contributed by atoms with Crippen LogP contribution in [0.25, 0.3) is 0 Å². The van der Waals surface area contributed by atoms with Gasteiger partial charge in [-0.25, -0.2) is 9.98 Å². The van der Waals surface area contributed by atoms with Crippen molar-refractivity contribution in [3.63, 3.8) is 0 Å². The highest BCUT2D eigenvalue weighted by Crippen LogP contribution is 2.30. The van der Waals surface area contributed by atoms with E-state index in [1.807, 2.05) is 133 Å². The largest absolute Gasteiger partial charge is 0.437 e. The first-order valence-electron chi connectivity index (χ1n) is 11.9. The zero-order valence-electron chi connectivity index (χ0n) is 21.1. The van der Waals surface area contributed by atoms with Crippen molar-refractivity contribution in [2.45, 2.75) is 41.5 Å². The highest BCUT2D eigenvalue weighted by molar-refractivity contribution is 5.82. The summed E-state index contributed by atoms with van der Waals surface area (Å²) in [6.07, 6.45) is 3.41. The van der Waals surface area contributed by atoms with Gasteiger partial charge in [-0.3, -0.25) is 0 Å². The summed E-state index contributed by atoms with van der Waals surface area (Å²) in [5.74, 6) is 1.51. The molecular formula is C29H36N4O. The molecule has 3 aromatic carbocycles. The van der Waals surface area contributed by atoms with Crippen LogP contribution in [-0.2, 0) is 0 Å². The van der Waals surface area contributed by atoms with Gasteiger partial charge in [-0.15, -0.1) is 0 Å². The van der Waals surface area contributed by atoms with Crippen LogP contribution in [0.4, 0.5) is 17.3 Å². The Kier molecular flexibility index (Phi) is 14.5. The zero-order valence-corrected chi connectivity index (χ0v) is 21.1. The van der Waals surface area contributed by atoms with Crippen LogP contribution in [0.15, 0.2) is 102 Å². The number of hydrogen-bond donors (Lipinski definition) is 1. The van der Waals surface area contributed by atoms with Gasteiger partial charge in [0, 0.05) is 11.9 Å². The first-order chi connectivity index (χ1) is 16.9. The summed E-state index contributed by atoms with van der Waals surface area (Å²) in [6.45, 7) is 12.0. The topological polar surface area (TPSA) is 59.4 Å². The van der Waals surface area contributed by atoms with Gasteiger partial charge >= 0.3 is 0 Å². The van der Waals surface area contributed by atoms with Gasteiger partial charge in [0.15, 0.2) is 0 Å². The number of nitrogens with zero attached hydrogens (tertiary/aromatic N) is 3. The van der Waals surface area contributed by atoms with Crippen LogP contribution in [0.2, 0.25) is 0 Å². The molecule has 0 spiro atoms. The molecule has 0 fully saturated rings. The summed E-state index contributed by atoms with van der Waals surface area (Å²) < 4.78 is 5.97. The molecule has 0 aliphatic carbocycles. The highest BCUT2D eigenvalue weighted by atomic mass is 16.5. The molecule has 0 saturated carbocycles. The molecule has 0 bridgehead atoms. The van der Waals surface area contributed by atoms with E-state index >= 15 is 0 Å². The number of para-hydroxylation sites is 2. The Hall–Kier alpha value is -3.99. The second-order valence-electron chi connectivity index (χ2n) is 5.96. The summed E-state index contributed by atoms with van der Waals surface area (Å²) >= 11 is 0. The van der Waals surface area contributed by atoms with E-state index in [1.54, 1.807) is 12.4 Å². The van der Waals surface area contributed by atoms with Crippen LogP contribution in [-0.4, -0.2) is 16.2 Å². The standard InChI is InChI=1S/C23H18N4O.3C2H6/c1-4-10-18(11-5-1)16-24-21-17-25-23(26-19-12-6-2-7-13-19)27-22(21)28-20-14-8-3-9-15-20;3*1-2/h1-17H,(H,25,26,27);3*1-2H3. The fourth-order valence-electron chi connectivity index (χ4n) is 2.52. The average Bonchev–Trinajstić information content (AvgIpc) is 2.93. The molecule has 1 N–H and O–H groups in total. The van der Waals surface area contributed by atoms with E-state index in [0.717, 1.165) is 11.3 Å². The van der Waals surface area contributed by atoms with Gasteiger partial charge in [-0.1, -0.05) is 108 Å². The Morgan fingerprint density at radius 1 is 0.706 bits per heavy atom. The molecule has 4 rings (SSSR count). The molecule has 34 heavy (non-hydrogen) atoms. The molecule has 1 aromatic heterocycles. The van der Waals surface area contributed by atoms with Gasteiger partial charge in [0.05, 0.1) is 6.20 Å². The molecule has 0 amide bonds. The van der Waals surface area contributed by atoms with Crippen molar-refractivity contribution in [2.24, 2.45) is 4.99 Å². The summed E-state index contributed by atoms with van der Waals surface area (Å²) in [6, 6.07) is 29.1. The lowest BCUT2D eigenvalue weighted by Crippen LogP contribution is -1.99. The molecule has 5 heteroatoms. The first kappa shape index (κ1) is 28.0. The third kappa shape index (κ3) is 9.65. The van der Waals surface area contributed by atoms with Crippen LogP contribution in [0.1, 0.15) is 47.1 Å². The van der Waals surface area contributed by atoms with Crippen LogP contribution >= 0.6 is 0 Å².